The molecule has 4 heteroatoms. The van der Waals surface area contributed by atoms with Crippen molar-refractivity contribution in [1.29, 1.82) is 0 Å². The third kappa shape index (κ3) is 1.92. The molecule has 0 aliphatic heterocycles. The summed E-state index contributed by atoms with van der Waals surface area (Å²) in [5.74, 6) is 0.442. The standard InChI is InChI=1S/C11H8Cl3N/c1-6-4-7(5-12)8-2-3-9(13)10(14)11(8)15-6/h2-4H,5H2,1H3. The van der Waals surface area contributed by atoms with E-state index < -0.39 is 0 Å². The Morgan fingerprint density at radius 2 is 2.00 bits per heavy atom. The monoisotopic (exact) mass is 259 g/mol. The van der Waals surface area contributed by atoms with Crippen molar-refractivity contribution in [2.45, 2.75) is 12.8 Å². The number of halogens is 3. The van der Waals surface area contributed by atoms with Gasteiger partial charge in [-0.3, -0.25) is 4.98 Å². The summed E-state index contributed by atoms with van der Waals surface area (Å²) in [5, 5.41) is 1.97. The fourth-order valence-electron chi connectivity index (χ4n) is 1.56. The Bertz CT molecular complexity index is 523. The number of aryl methyl sites for hydroxylation is 1. The molecule has 0 bridgehead atoms. The molecule has 2 rings (SSSR count). The Morgan fingerprint density at radius 1 is 1.27 bits per heavy atom. The molecule has 15 heavy (non-hydrogen) atoms. The van der Waals surface area contributed by atoms with E-state index in [0.29, 0.717) is 15.9 Å². The van der Waals surface area contributed by atoms with Crippen molar-refractivity contribution in [3.05, 3.63) is 39.5 Å². The van der Waals surface area contributed by atoms with Crippen molar-refractivity contribution < 1.29 is 0 Å². The van der Waals surface area contributed by atoms with E-state index >= 15 is 0 Å². The molecule has 0 saturated carbocycles. The Morgan fingerprint density at radius 3 is 2.67 bits per heavy atom. The van der Waals surface area contributed by atoms with Gasteiger partial charge in [0.2, 0.25) is 0 Å². The number of hydrogen-bond acceptors (Lipinski definition) is 1. The van der Waals surface area contributed by atoms with Gasteiger partial charge in [0.1, 0.15) is 0 Å². The summed E-state index contributed by atoms with van der Waals surface area (Å²) in [4.78, 5) is 4.37. The van der Waals surface area contributed by atoms with Gasteiger partial charge in [-0.15, -0.1) is 11.6 Å². The molecule has 1 aromatic carbocycles. The number of fused-ring (bicyclic) bond motifs is 1. The van der Waals surface area contributed by atoms with Gasteiger partial charge in [-0.1, -0.05) is 29.3 Å². The number of alkyl halides is 1. The van der Waals surface area contributed by atoms with Gasteiger partial charge in [0.15, 0.2) is 0 Å². The Labute approximate surface area is 103 Å². The van der Waals surface area contributed by atoms with Gasteiger partial charge in [0, 0.05) is 17.0 Å². The zero-order chi connectivity index (χ0) is 11.0. The van der Waals surface area contributed by atoms with Gasteiger partial charge in [-0.25, -0.2) is 0 Å². The lowest BCUT2D eigenvalue weighted by Gasteiger charge is -2.07. The van der Waals surface area contributed by atoms with Crippen molar-refractivity contribution in [3.8, 4) is 0 Å². The van der Waals surface area contributed by atoms with Gasteiger partial charge in [0.25, 0.3) is 0 Å². The molecule has 0 amide bonds. The zero-order valence-electron chi connectivity index (χ0n) is 8.02. The lowest BCUT2D eigenvalue weighted by Crippen LogP contribution is -1.90. The molecule has 1 heterocycles. The van der Waals surface area contributed by atoms with Crippen LogP contribution in [-0.2, 0) is 5.88 Å². The lowest BCUT2D eigenvalue weighted by atomic mass is 10.1. The van der Waals surface area contributed by atoms with E-state index in [2.05, 4.69) is 4.98 Å². The first-order valence-corrected chi connectivity index (χ1v) is 5.72. The summed E-state index contributed by atoms with van der Waals surface area (Å²) in [6.45, 7) is 1.91. The quantitative estimate of drug-likeness (QED) is 0.684. The van der Waals surface area contributed by atoms with Gasteiger partial charge >= 0.3 is 0 Å². The average Bonchev–Trinajstić information content (AvgIpc) is 2.23. The van der Waals surface area contributed by atoms with Crippen molar-refractivity contribution in [2.24, 2.45) is 0 Å². The summed E-state index contributed by atoms with van der Waals surface area (Å²) in [5.41, 5.74) is 2.64. The van der Waals surface area contributed by atoms with Crippen molar-refractivity contribution >= 4 is 45.7 Å². The Kier molecular flexibility index (Phi) is 3.06. The van der Waals surface area contributed by atoms with Gasteiger partial charge < -0.3 is 0 Å². The van der Waals surface area contributed by atoms with Crippen molar-refractivity contribution in [1.82, 2.24) is 4.98 Å². The number of aromatic nitrogens is 1. The molecule has 0 aliphatic rings. The van der Waals surface area contributed by atoms with E-state index in [1.54, 1.807) is 6.07 Å². The first-order chi connectivity index (χ1) is 7.13. The first kappa shape index (κ1) is 11.0. The molecular formula is C11H8Cl3N. The van der Waals surface area contributed by atoms with E-state index in [1.807, 2.05) is 19.1 Å². The molecule has 0 aliphatic carbocycles. The molecule has 78 valence electrons. The summed E-state index contributed by atoms with van der Waals surface area (Å²) >= 11 is 17.9. The van der Waals surface area contributed by atoms with Crippen LogP contribution in [0.25, 0.3) is 10.9 Å². The largest absolute Gasteiger partial charge is 0.251 e. The maximum atomic E-state index is 6.09. The molecule has 0 radical (unpaired) electrons. The number of benzene rings is 1. The molecule has 0 spiro atoms. The molecule has 1 nitrogen and oxygen atoms in total. The van der Waals surface area contributed by atoms with Crippen LogP contribution in [0.5, 0.6) is 0 Å². The molecule has 0 saturated heterocycles. The second-order valence-electron chi connectivity index (χ2n) is 3.31. The Hall–Kier alpha value is -0.500. The van der Waals surface area contributed by atoms with Crippen LogP contribution >= 0.6 is 34.8 Å². The summed E-state index contributed by atoms with van der Waals surface area (Å²) in [6, 6.07) is 5.62. The van der Waals surface area contributed by atoms with E-state index in [4.69, 9.17) is 34.8 Å². The second-order valence-corrected chi connectivity index (χ2v) is 4.37. The number of pyridine rings is 1. The minimum Gasteiger partial charge on any atom is -0.251 e. The maximum Gasteiger partial charge on any atom is 0.0909 e. The topological polar surface area (TPSA) is 12.9 Å². The molecule has 0 fully saturated rings. The molecule has 0 unspecified atom stereocenters. The van der Waals surface area contributed by atoms with Crippen LogP contribution in [0.3, 0.4) is 0 Å². The van der Waals surface area contributed by atoms with Crippen LogP contribution in [0, 0.1) is 6.92 Å². The zero-order valence-corrected chi connectivity index (χ0v) is 10.3. The van der Waals surface area contributed by atoms with E-state index in [0.717, 1.165) is 22.2 Å². The van der Waals surface area contributed by atoms with Crippen LogP contribution < -0.4 is 0 Å². The van der Waals surface area contributed by atoms with Gasteiger partial charge in [-0.05, 0) is 24.6 Å². The number of hydrogen-bond donors (Lipinski definition) is 0. The molecule has 0 atom stereocenters. The Balaban J connectivity index is 2.89. The normalized spacial score (nSPS) is 10.9. The number of nitrogens with zero attached hydrogens (tertiary/aromatic N) is 1. The second kappa shape index (κ2) is 4.17. The SMILES string of the molecule is Cc1cc(CCl)c2ccc(Cl)c(Cl)c2n1. The third-order valence-electron chi connectivity index (χ3n) is 2.23. The first-order valence-electron chi connectivity index (χ1n) is 4.43. The number of rotatable bonds is 1. The lowest BCUT2D eigenvalue weighted by molar-refractivity contribution is 1.22. The van der Waals surface area contributed by atoms with Crippen LogP contribution in [0.15, 0.2) is 18.2 Å². The van der Waals surface area contributed by atoms with Gasteiger partial charge in [0.05, 0.1) is 15.6 Å². The summed E-state index contributed by atoms with van der Waals surface area (Å²) in [6.07, 6.45) is 0. The smallest absolute Gasteiger partial charge is 0.0909 e. The fraction of sp³-hybridized carbons (Fsp3) is 0.182. The van der Waals surface area contributed by atoms with E-state index in [-0.39, 0.29) is 0 Å². The predicted molar refractivity (Wildman–Crippen MR) is 66.1 cm³/mol. The highest BCUT2D eigenvalue weighted by atomic mass is 35.5. The highest BCUT2D eigenvalue weighted by molar-refractivity contribution is 6.45. The highest BCUT2D eigenvalue weighted by Gasteiger charge is 2.09. The van der Waals surface area contributed by atoms with Crippen LogP contribution in [0.2, 0.25) is 10.0 Å². The van der Waals surface area contributed by atoms with Crippen LogP contribution in [0.4, 0.5) is 0 Å². The molecule has 0 N–H and O–H groups in total. The van der Waals surface area contributed by atoms with Crippen molar-refractivity contribution in [2.75, 3.05) is 0 Å². The average molecular weight is 261 g/mol. The summed E-state index contributed by atoms with van der Waals surface area (Å²) in [7, 11) is 0. The van der Waals surface area contributed by atoms with Crippen LogP contribution in [-0.4, -0.2) is 4.98 Å². The minimum absolute atomic E-state index is 0.442. The third-order valence-corrected chi connectivity index (χ3v) is 3.31. The molecule has 1 aromatic heterocycles. The fourth-order valence-corrected chi connectivity index (χ4v) is 2.14. The molecular weight excluding hydrogens is 252 g/mol. The molecule has 2 aromatic rings. The van der Waals surface area contributed by atoms with Crippen molar-refractivity contribution in [3.63, 3.8) is 0 Å². The van der Waals surface area contributed by atoms with E-state index in [1.165, 1.54) is 0 Å². The predicted octanol–water partition coefficient (Wildman–Crippen LogP) is 4.59. The highest BCUT2D eigenvalue weighted by Crippen LogP contribution is 2.31. The van der Waals surface area contributed by atoms with E-state index in [9.17, 15) is 0 Å². The van der Waals surface area contributed by atoms with Crippen LogP contribution in [0.1, 0.15) is 11.3 Å². The summed E-state index contributed by atoms with van der Waals surface area (Å²) < 4.78 is 0. The minimum atomic E-state index is 0.442. The maximum absolute atomic E-state index is 6.09. The van der Waals surface area contributed by atoms with Gasteiger partial charge in [-0.2, -0.15) is 0 Å².